The van der Waals surface area contributed by atoms with Crippen molar-refractivity contribution in [3.63, 3.8) is 0 Å². The molecule has 2 aliphatic heterocycles. The predicted octanol–water partition coefficient (Wildman–Crippen LogP) is 13.1. The molecule has 6 nitrogen and oxygen atoms in total. The molecule has 298 valence electrons. The van der Waals surface area contributed by atoms with Crippen LogP contribution >= 0.6 is 0 Å². The Labute approximate surface area is 364 Å². The molecule has 0 saturated carbocycles. The first-order chi connectivity index (χ1) is 31.0. The van der Waals surface area contributed by atoms with Crippen molar-refractivity contribution in [3.05, 3.63) is 241 Å². The molecule has 4 heterocycles. The highest BCUT2D eigenvalue weighted by molar-refractivity contribution is 7.91. The summed E-state index contributed by atoms with van der Waals surface area (Å²) < 4.78 is 35.1. The van der Waals surface area contributed by atoms with E-state index in [2.05, 4.69) is 178 Å². The van der Waals surface area contributed by atoms with Gasteiger partial charge < -0.3 is 9.47 Å². The molecule has 0 saturated heterocycles. The lowest BCUT2D eigenvalue weighted by molar-refractivity contribution is 0.579. The molecule has 13 rings (SSSR count). The van der Waals surface area contributed by atoms with Crippen molar-refractivity contribution in [1.29, 1.82) is 0 Å². The third-order valence-electron chi connectivity index (χ3n) is 13.1. The van der Waals surface area contributed by atoms with Crippen molar-refractivity contribution >= 4 is 59.7 Å². The Balaban J connectivity index is 1.15. The first-order valence-corrected chi connectivity index (χ1v) is 22.6. The molecule has 0 atom stereocenters. The molecule has 0 amide bonds. The van der Waals surface area contributed by atoms with Crippen molar-refractivity contribution < 1.29 is 8.42 Å². The van der Waals surface area contributed by atoms with E-state index < -0.39 is 15.3 Å². The van der Waals surface area contributed by atoms with Gasteiger partial charge in [-0.05, 0) is 102 Å². The Morgan fingerprint density at radius 2 is 1.02 bits per heavy atom. The Morgan fingerprint density at radius 3 is 1.76 bits per heavy atom. The summed E-state index contributed by atoms with van der Waals surface area (Å²) in [5.74, 6) is 0.836. The standard InChI is InChI=1S/C56H36N4O2S/c61-63(62)51-33-16-10-27-44(51)56(42-25-8-13-30-47(42)58(38-19-3-1-4-20-38)48-31-14-9-26-43(48)56)54-52(63)35-34-50-53(54)41-24-7-12-29-46(41)59(50)40-23-17-18-37(36-40)55-57-45-28-11-15-32-49(45)60(55)39-21-5-2-6-22-39/h1-36H. The summed E-state index contributed by atoms with van der Waals surface area (Å²) in [4.78, 5) is 8.18. The molecule has 1 spiro atoms. The second-order valence-electron chi connectivity index (χ2n) is 16.3. The minimum atomic E-state index is -3.98. The first kappa shape index (κ1) is 35.7. The average Bonchev–Trinajstić information content (AvgIpc) is 3.90. The van der Waals surface area contributed by atoms with E-state index in [0.717, 1.165) is 94.9 Å². The van der Waals surface area contributed by atoms with Gasteiger partial charge in [0.1, 0.15) is 5.82 Å². The molecular formula is C56H36N4O2S. The maximum Gasteiger partial charge on any atom is 0.207 e. The maximum absolute atomic E-state index is 15.3. The van der Waals surface area contributed by atoms with Crippen LogP contribution in [0.15, 0.2) is 228 Å². The molecule has 2 aromatic heterocycles. The number of hydrogen-bond acceptors (Lipinski definition) is 4. The second kappa shape index (κ2) is 13.2. The van der Waals surface area contributed by atoms with Gasteiger partial charge in [-0.3, -0.25) is 4.57 Å². The van der Waals surface area contributed by atoms with Crippen LogP contribution in [-0.2, 0) is 15.3 Å². The van der Waals surface area contributed by atoms with Crippen LogP contribution < -0.4 is 4.90 Å². The molecule has 63 heavy (non-hydrogen) atoms. The highest BCUT2D eigenvalue weighted by atomic mass is 32.2. The molecule has 0 fully saturated rings. The van der Waals surface area contributed by atoms with Gasteiger partial charge in [-0.25, -0.2) is 13.4 Å². The summed E-state index contributed by atoms with van der Waals surface area (Å²) >= 11 is 0. The maximum atomic E-state index is 15.3. The van der Waals surface area contributed by atoms with Crippen LogP contribution in [0.1, 0.15) is 22.3 Å². The fourth-order valence-electron chi connectivity index (χ4n) is 10.7. The van der Waals surface area contributed by atoms with Crippen molar-refractivity contribution in [2.75, 3.05) is 4.90 Å². The van der Waals surface area contributed by atoms with Gasteiger partial charge >= 0.3 is 0 Å². The van der Waals surface area contributed by atoms with Gasteiger partial charge in [-0.2, -0.15) is 0 Å². The highest BCUT2D eigenvalue weighted by Gasteiger charge is 2.54. The topological polar surface area (TPSA) is 60.1 Å². The normalized spacial score (nSPS) is 14.4. The number of anilines is 3. The molecule has 0 aliphatic carbocycles. The molecule has 11 aromatic rings. The van der Waals surface area contributed by atoms with Gasteiger partial charge in [0.2, 0.25) is 9.84 Å². The smallest absolute Gasteiger partial charge is 0.207 e. The van der Waals surface area contributed by atoms with Crippen molar-refractivity contribution in [3.8, 4) is 22.8 Å². The zero-order chi connectivity index (χ0) is 41.9. The van der Waals surface area contributed by atoms with Gasteiger partial charge in [0.15, 0.2) is 0 Å². The largest absolute Gasteiger partial charge is 0.310 e. The fourth-order valence-corrected chi connectivity index (χ4v) is 12.5. The summed E-state index contributed by atoms with van der Waals surface area (Å²) in [6.45, 7) is 0. The minimum Gasteiger partial charge on any atom is -0.310 e. The van der Waals surface area contributed by atoms with E-state index in [1.807, 2.05) is 48.5 Å². The number of benzene rings is 9. The van der Waals surface area contributed by atoms with Crippen LogP contribution in [0, 0.1) is 0 Å². The fraction of sp³-hybridized carbons (Fsp3) is 0.0179. The molecule has 0 unspecified atom stereocenters. The SMILES string of the molecule is O=S1(=O)c2ccccc2C2(c3ccccc3N(c3ccccc3)c3ccccc32)c2c1ccc1c2c2ccccc2n1-c1cccc(-c2nc3ccccc3n2-c2ccccc2)c1. The van der Waals surface area contributed by atoms with E-state index in [-0.39, 0.29) is 0 Å². The Morgan fingerprint density at radius 1 is 0.429 bits per heavy atom. The number of fused-ring (bicyclic) bond motifs is 13. The monoisotopic (exact) mass is 828 g/mol. The molecule has 2 aliphatic rings. The van der Waals surface area contributed by atoms with E-state index in [0.29, 0.717) is 9.79 Å². The molecule has 0 N–H and O–H groups in total. The average molecular weight is 829 g/mol. The third kappa shape index (κ3) is 4.82. The molecule has 0 radical (unpaired) electrons. The zero-order valence-corrected chi connectivity index (χ0v) is 34.6. The molecule has 0 bridgehead atoms. The molecular weight excluding hydrogens is 793 g/mol. The quantitative estimate of drug-likeness (QED) is 0.177. The zero-order valence-electron chi connectivity index (χ0n) is 33.8. The second-order valence-corrected chi connectivity index (χ2v) is 18.2. The van der Waals surface area contributed by atoms with E-state index in [9.17, 15) is 0 Å². The summed E-state index contributed by atoms with van der Waals surface area (Å²) in [6, 6.07) is 74.5. The predicted molar refractivity (Wildman–Crippen MR) is 253 cm³/mol. The Bertz CT molecular complexity index is 3730. The third-order valence-corrected chi connectivity index (χ3v) is 14.9. The van der Waals surface area contributed by atoms with Crippen LogP contribution in [0.3, 0.4) is 0 Å². The van der Waals surface area contributed by atoms with Crippen LogP contribution in [-0.4, -0.2) is 22.5 Å². The van der Waals surface area contributed by atoms with Crippen LogP contribution in [0.4, 0.5) is 17.1 Å². The number of sulfone groups is 1. The number of para-hydroxylation sites is 7. The van der Waals surface area contributed by atoms with Crippen LogP contribution in [0.25, 0.3) is 55.6 Å². The van der Waals surface area contributed by atoms with Gasteiger partial charge in [-0.1, -0.05) is 133 Å². The van der Waals surface area contributed by atoms with Gasteiger partial charge in [-0.15, -0.1) is 0 Å². The number of hydrogen-bond donors (Lipinski definition) is 0. The van der Waals surface area contributed by atoms with E-state index in [1.165, 1.54) is 0 Å². The van der Waals surface area contributed by atoms with Crippen LogP contribution in [0.5, 0.6) is 0 Å². The lowest BCUT2D eigenvalue weighted by atomic mass is 9.61. The van der Waals surface area contributed by atoms with E-state index in [1.54, 1.807) is 6.07 Å². The number of nitrogens with zero attached hydrogens (tertiary/aromatic N) is 4. The Kier molecular flexibility index (Phi) is 7.51. The Hall–Kier alpha value is -8.00. The first-order valence-electron chi connectivity index (χ1n) is 21.1. The van der Waals surface area contributed by atoms with Crippen molar-refractivity contribution in [2.24, 2.45) is 0 Å². The number of rotatable bonds is 4. The minimum absolute atomic E-state index is 0.319. The summed E-state index contributed by atoms with van der Waals surface area (Å²) in [6.07, 6.45) is 0. The lowest BCUT2D eigenvalue weighted by Gasteiger charge is -2.49. The summed E-state index contributed by atoms with van der Waals surface area (Å²) in [5, 5.41) is 1.88. The summed E-state index contributed by atoms with van der Waals surface area (Å²) in [5.41, 5.74) is 12.3. The van der Waals surface area contributed by atoms with E-state index in [4.69, 9.17) is 4.98 Å². The van der Waals surface area contributed by atoms with Gasteiger partial charge in [0.25, 0.3) is 0 Å². The molecule has 9 aromatic carbocycles. The van der Waals surface area contributed by atoms with Crippen molar-refractivity contribution in [2.45, 2.75) is 15.2 Å². The van der Waals surface area contributed by atoms with Crippen molar-refractivity contribution in [1.82, 2.24) is 14.1 Å². The highest BCUT2D eigenvalue weighted by Crippen LogP contribution is 2.63. The van der Waals surface area contributed by atoms with E-state index >= 15 is 8.42 Å². The number of imidazole rings is 1. The number of aromatic nitrogens is 3. The lowest BCUT2D eigenvalue weighted by Crippen LogP contribution is -2.42. The van der Waals surface area contributed by atoms with Gasteiger partial charge in [0.05, 0.1) is 48.6 Å². The van der Waals surface area contributed by atoms with Crippen LogP contribution in [0.2, 0.25) is 0 Å². The summed E-state index contributed by atoms with van der Waals surface area (Å²) in [7, 11) is -3.98. The van der Waals surface area contributed by atoms with Gasteiger partial charge in [0, 0.05) is 39.0 Å². The molecule has 7 heteroatoms.